The molecule has 106 valence electrons. The molecule has 0 aliphatic carbocycles. The standard InChI is InChI=1S/C16H16N4O/c1-18-16(21)15-9-14(6-7-19-15)20(2)11-13-5-3-4-12(8-13)10-17/h3-9H,11H2,1-2H3,(H,18,21). The number of aromatic nitrogens is 1. The van der Waals surface area contributed by atoms with Gasteiger partial charge in [0, 0.05) is 32.5 Å². The molecule has 0 fully saturated rings. The molecule has 2 aromatic rings. The molecule has 0 saturated heterocycles. The molecule has 2 rings (SSSR count). The number of nitrogens with zero attached hydrogens (tertiary/aromatic N) is 3. The van der Waals surface area contributed by atoms with E-state index in [4.69, 9.17) is 5.26 Å². The Balaban J connectivity index is 2.18. The summed E-state index contributed by atoms with van der Waals surface area (Å²) in [5, 5.41) is 11.5. The SMILES string of the molecule is CNC(=O)c1cc(N(C)Cc2cccc(C#N)c2)ccn1. The number of benzene rings is 1. The van der Waals surface area contributed by atoms with E-state index in [1.807, 2.05) is 36.2 Å². The summed E-state index contributed by atoms with van der Waals surface area (Å²) in [5.41, 5.74) is 2.95. The quantitative estimate of drug-likeness (QED) is 0.929. The Morgan fingerprint density at radius 3 is 2.90 bits per heavy atom. The van der Waals surface area contributed by atoms with Crippen molar-refractivity contribution in [1.29, 1.82) is 5.26 Å². The molecule has 0 aliphatic rings. The van der Waals surface area contributed by atoms with Gasteiger partial charge < -0.3 is 10.2 Å². The number of pyridine rings is 1. The second-order valence-electron chi connectivity index (χ2n) is 4.65. The third kappa shape index (κ3) is 3.57. The lowest BCUT2D eigenvalue weighted by Crippen LogP contribution is -2.21. The van der Waals surface area contributed by atoms with E-state index in [2.05, 4.69) is 16.4 Å². The number of nitrogens with one attached hydrogen (secondary N) is 1. The first-order chi connectivity index (χ1) is 10.1. The van der Waals surface area contributed by atoms with Crippen molar-refractivity contribution in [2.45, 2.75) is 6.54 Å². The number of anilines is 1. The van der Waals surface area contributed by atoms with Gasteiger partial charge in [-0.3, -0.25) is 9.78 Å². The zero-order valence-corrected chi connectivity index (χ0v) is 12.0. The van der Waals surface area contributed by atoms with Crippen LogP contribution in [0.1, 0.15) is 21.6 Å². The Kier molecular flexibility index (Phi) is 4.52. The highest BCUT2D eigenvalue weighted by Crippen LogP contribution is 2.16. The number of hydrogen-bond acceptors (Lipinski definition) is 4. The summed E-state index contributed by atoms with van der Waals surface area (Å²) in [6.45, 7) is 0.646. The second kappa shape index (κ2) is 6.53. The van der Waals surface area contributed by atoms with E-state index in [9.17, 15) is 4.79 Å². The van der Waals surface area contributed by atoms with E-state index < -0.39 is 0 Å². The van der Waals surface area contributed by atoms with E-state index in [0.29, 0.717) is 17.8 Å². The van der Waals surface area contributed by atoms with Gasteiger partial charge in [0.25, 0.3) is 5.91 Å². The van der Waals surface area contributed by atoms with Crippen LogP contribution < -0.4 is 10.2 Å². The van der Waals surface area contributed by atoms with Gasteiger partial charge in [-0.15, -0.1) is 0 Å². The van der Waals surface area contributed by atoms with Gasteiger partial charge in [-0.1, -0.05) is 12.1 Å². The van der Waals surface area contributed by atoms with Crippen molar-refractivity contribution in [3.8, 4) is 6.07 Å². The van der Waals surface area contributed by atoms with E-state index >= 15 is 0 Å². The molecule has 0 aliphatic heterocycles. The van der Waals surface area contributed by atoms with Crippen molar-refractivity contribution in [3.05, 3.63) is 59.4 Å². The number of carbonyl (C=O) groups is 1. The Labute approximate surface area is 123 Å². The molecule has 0 spiro atoms. The van der Waals surface area contributed by atoms with Gasteiger partial charge in [-0.2, -0.15) is 5.26 Å². The minimum atomic E-state index is -0.211. The molecule has 1 heterocycles. The maximum atomic E-state index is 11.6. The van der Waals surface area contributed by atoms with Crippen LogP contribution in [0.3, 0.4) is 0 Å². The first-order valence-electron chi connectivity index (χ1n) is 6.52. The second-order valence-corrected chi connectivity index (χ2v) is 4.65. The summed E-state index contributed by atoms with van der Waals surface area (Å²) in [6.07, 6.45) is 1.61. The summed E-state index contributed by atoms with van der Waals surface area (Å²) >= 11 is 0. The summed E-state index contributed by atoms with van der Waals surface area (Å²) in [4.78, 5) is 17.7. The highest BCUT2D eigenvalue weighted by molar-refractivity contribution is 5.92. The van der Waals surface area contributed by atoms with Crippen LogP contribution in [0.5, 0.6) is 0 Å². The maximum absolute atomic E-state index is 11.6. The summed E-state index contributed by atoms with van der Waals surface area (Å²) in [5.74, 6) is -0.211. The molecule has 5 nitrogen and oxygen atoms in total. The minimum Gasteiger partial charge on any atom is -0.370 e. The highest BCUT2D eigenvalue weighted by atomic mass is 16.1. The molecule has 1 aromatic carbocycles. The van der Waals surface area contributed by atoms with E-state index in [-0.39, 0.29) is 5.91 Å². The summed E-state index contributed by atoms with van der Waals surface area (Å²) < 4.78 is 0. The minimum absolute atomic E-state index is 0.211. The topological polar surface area (TPSA) is 69.0 Å². The fraction of sp³-hybridized carbons (Fsp3) is 0.188. The summed E-state index contributed by atoms with van der Waals surface area (Å²) in [6, 6.07) is 13.2. The monoisotopic (exact) mass is 280 g/mol. The fourth-order valence-electron chi connectivity index (χ4n) is 2.01. The van der Waals surface area contributed by atoms with Gasteiger partial charge in [0.2, 0.25) is 0 Å². The van der Waals surface area contributed by atoms with Crippen molar-refractivity contribution in [3.63, 3.8) is 0 Å². The average Bonchev–Trinajstić information content (AvgIpc) is 2.54. The van der Waals surface area contributed by atoms with Crippen LogP contribution in [0.2, 0.25) is 0 Å². The molecular formula is C16H16N4O. The van der Waals surface area contributed by atoms with Crippen LogP contribution in [0.15, 0.2) is 42.6 Å². The number of rotatable bonds is 4. The fourth-order valence-corrected chi connectivity index (χ4v) is 2.01. The number of hydrogen-bond donors (Lipinski definition) is 1. The lowest BCUT2D eigenvalue weighted by molar-refractivity contribution is 0.0958. The Morgan fingerprint density at radius 1 is 1.38 bits per heavy atom. The molecule has 5 heteroatoms. The third-order valence-corrected chi connectivity index (χ3v) is 3.12. The zero-order valence-electron chi connectivity index (χ0n) is 12.0. The van der Waals surface area contributed by atoms with Crippen LogP contribution in [0, 0.1) is 11.3 Å². The van der Waals surface area contributed by atoms with Crippen molar-refractivity contribution >= 4 is 11.6 Å². The largest absolute Gasteiger partial charge is 0.370 e. The molecule has 0 atom stereocenters. The van der Waals surface area contributed by atoms with Gasteiger partial charge in [0.05, 0.1) is 11.6 Å². The van der Waals surface area contributed by atoms with Gasteiger partial charge in [-0.05, 0) is 29.8 Å². The number of carbonyl (C=O) groups excluding carboxylic acids is 1. The van der Waals surface area contributed by atoms with Gasteiger partial charge in [0.15, 0.2) is 0 Å². The molecule has 0 radical (unpaired) electrons. The van der Waals surface area contributed by atoms with Crippen LogP contribution in [-0.4, -0.2) is 25.0 Å². The van der Waals surface area contributed by atoms with Crippen LogP contribution in [-0.2, 0) is 6.54 Å². The predicted molar refractivity (Wildman–Crippen MR) is 80.9 cm³/mol. The van der Waals surface area contributed by atoms with Gasteiger partial charge in [0.1, 0.15) is 5.69 Å². The maximum Gasteiger partial charge on any atom is 0.269 e. The zero-order chi connectivity index (χ0) is 15.2. The van der Waals surface area contributed by atoms with Gasteiger partial charge in [-0.25, -0.2) is 0 Å². The molecule has 0 unspecified atom stereocenters. The highest BCUT2D eigenvalue weighted by Gasteiger charge is 2.08. The normalized spacial score (nSPS) is 9.76. The Bertz CT molecular complexity index is 691. The number of nitriles is 1. The van der Waals surface area contributed by atoms with Crippen LogP contribution >= 0.6 is 0 Å². The van der Waals surface area contributed by atoms with Crippen LogP contribution in [0.4, 0.5) is 5.69 Å². The lowest BCUT2D eigenvalue weighted by Gasteiger charge is -2.19. The predicted octanol–water partition coefficient (Wildman–Crippen LogP) is 1.95. The lowest BCUT2D eigenvalue weighted by atomic mass is 10.1. The van der Waals surface area contributed by atoms with Crippen molar-refractivity contribution < 1.29 is 4.79 Å². The van der Waals surface area contributed by atoms with E-state index in [0.717, 1.165) is 11.3 Å². The molecule has 0 saturated carbocycles. The van der Waals surface area contributed by atoms with E-state index in [1.165, 1.54) is 0 Å². The third-order valence-electron chi connectivity index (χ3n) is 3.12. The molecule has 1 N–H and O–H groups in total. The van der Waals surface area contributed by atoms with E-state index in [1.54, 1.807) is 25.4 Å². The van der Waals surface area contributed by atoms with Crippen molar-refractivity contribution in [2.24, 2.45) is 0 Å². The molecular weight excluding hydrogens is 264 g/mol. The van der Waals surface area contributed by atoms with Gasteiger partial charge >= 0.3 is 0 Å². The average molecular weight is 280 g/mol. The molecule has 1 aromatic heterocycles. The Morgan fingerprint density at radius 2 is 2.19 bits per heavy atom. The van der Waals surface area contributed by atoms with Crippen molar-refractivity contribution in [2.75, 3.05) is 19.0 Å². The molecule has 0 bridgehead atoms. The Hall–Kier alpha value is -2.87. The summed E-state index contributed by atoms with van der Waals surface area (Å²) in [7, 11) is 3.51. The van der Waals surface area contributed by atoms with Crippen LogP contribution in [0.25, 0.3) is 0 Å². The first kappa shape index (κ1) is 14.5. The first-order valence-corrected chi connectivity index (χ1v) is 6.52. The smallest absolute Gasteiger partial charge is 0.269 e. The van der Waals surface area contributed by atoms with Crippen molar-refractivity contribution in [1.82, 2.24) is 10.3 Å². The number of amides is 1. The molecule has 1 amide bonds. The molecule has 21 heavy (non-hydrogen) atoms.